The Morgan fingerprint density at radius 2 is 1.74 bits per heavy atom. The van der Waals surface area contributed by atoms with E-state index in [2.05, 4.69) is 20.7 Å². The maximum absolute atomic E-state index is 12.2. The molecule has 1 heterocycles. The molecule has 0 aliphatic rings. The largest absolute Gasteiger partial charge is 0.368 e. The molecule has 0 spiro atoms. The van der Waals surface area contributed by atoms with Gasteiger partial charge in [0.25, 0.3) is 0 Å². The van der Waals surface area contributed by atoms with Crippen LogP contribution in [0.15, 0.2) is 54.6 Å². The minimum absolute atomic E-state index is 0.00745. The molecule has 7 heteroatoms. The molecule has 1 aromatic heterocycles. The van der Waals surface area contributed by atoms with E-state index < -0.39 is 6.03 Å². The number of hydrogen-bond acceptors (Lipinski definition) is 5. The van der Waals surface area contributed by atoms with E-state index in [1.165, 1.54) is 0 Å². The summed E-state index contributed by atoms with van der Waals surface area (Å²) in [6.45, 7) is 2.00. The fourth-order valence-electron chi connectivity index (χ4n) is 1.99. The predicted molar refractivity (Wildman–Crippen MR) is 89.8 cm³/mol. The number of nitrogens with zero attached hydrogens (tertiary/aromatic N) is 3. The number of nitrogens with two attached hydrogens (primary N) is 1. The monoisotopic (exact) mass is 308 g/mol. The molecule has 4 N–H and O–H groups in total. The summed E-state index contributed by atoms with van der Waals surface area (Å²) >= 11 is 0. The highest BCUT2D eigenvalue weighted by Crippen LogP contribution is 2.15. The van der Waals surface area contributed by atoms with Gasteiger partial charge in [0.2, 0.25) is 11.9 Å². The Bertz CT molecular complexity index is 810. The zero-order valence-corrected chi connectivity index (χ0v) is 12.5. The lowest BCUT2D eigenvalue weighted by Crippen LogP contribution is -2.22. The zero-order valence-electron chi connectivity index (χ0n) is 12.5. The van der Waals surface area contributed by atoms with Crippen LogP contribution in [0.3, 0.4) is 0 Å². The van der Waals surface area contributed by atoms with E-state index in [4.69, 9.17) is 5.73 Å². The molecular weight excluding hydrogens is 292 g/mol. The van der Waals surface area contributed by atoms with E-state index in [0.29, 0.717) is 5.69 Å². The van der Waals surface area contributed by atoms with Crippen molar-refractivity contribution in [3.63, 3.8) is 0 Å². The predicted octanol–water partition coefficient (Wildman–Crippen LogP) is 2.99. The summed E-state index contributed by atoms with van der Waals surface area (Å²) in [7, 11) is 0. The van der Waals surface area contributed by atoms with Gasteiger partial charge in [0.1, 0.15) is 0 Å². The van der Waals surface area contributed by atoms with Gasteiger partial charge in [-0.1, -0.05) is 35.9 Å². The summed E-state index contributed by atoms with van der Waals surface area (Å²) in [6.07, 6.45) is 0. The topological polar surface area (TPSA) is 97.9 Å². The van der Waals surface area contributed by atoms with Crippen LogP contribution in [0.4, 0.5) is 28.1 Å². The summed E-state index contributed by atoms with van der Waals surface area (Å²) in [5.74, 6) is 0.266. The molecule has 0 atom stereocenters. The second kappa shape index (κ2) is 6.18. The summed E-state index contributed by atoms with van der Waals surface area (Å²) in [4.78, 5) is 16.2. The summed E-state index contributed by atoms with van der Waals surface area (Å²) < 4.78 is 1.02. The number of aromatic nitrogens is 3. The number of carbonyl (C=O) groups excluding carboxylic acids is 1. The number of amides is 1. The number of hydrogen-bond donors (Lipinski definition) is 3. The van der Waals surface area contributed by atoms with Gasteiger partial charge in [-0.15, -0.1) is 9.78 Å². The number of rotatable bonds is 3. The third-order valence-electron chi connectivity index (χ3n) is 3.16. The molecule has 7 nitrogen and oxygen atoms in total. The van der Waals surface area contributed by atoms with E-state index in [0.717, 1.165) is 15.9 Å². The third-order valence-corrected chi connectivity index (χ3v) is 3.16. The number of benzene rings is 2. The number of nitrogens with one attached hydrogen (secondary N) is 2. The van der Waals surface area contributed by atoms with Crippen LogP contribution in [-0.4, -0.2) is 20.8 Å². The van der Waals surface area contributed by atoms with Crippen molar-refractivity contribution in [3.8, 4) is 0 Å². The lowest BCUT2D eigenvalue weighted by atomic mass is 10.2. The van der Waals surface area contributed by atoms with E-state index in [-0.39, 0.29) is 11.9 Å². The molecule has 116 valence electrons. The fraction of sp³-hybridized carbons (Fsp3) is 0.0625. The van der Waals surface area contributed by atoms with Crippen LogP contribution in [0, 0.1) is 6.92 Å². The molecule has 3 rings (SSSR count). The quantitative estimate of drug-likeness (QED) is 0.691. The van der Waals surface area contributed by atoms with Crippen molar-refractivity contribution in [2.45, 2.75) is 6.92 Å². The Labute approximate surface area is 133 Å². The first-order valence-electron chi connectivity index (χ1n) is 7.04. The van der Waals surface area contributed by atoms with Gasteiger partial charge < -0.3 is 16.4 Å². The zero-order chi connectivity index (χ0) is 16.2. The average Bonchev–Trinajstić information content (AvgIpc) is 2.91. The van der Waals surface area contributed by atoms with Gasteiger partial charge in [0.15, 0.2) is 0 Å². The minimum Gasteiger partial charge on any atom is -0.368 e. The highest BCUT2D eigenvalue weighted by molar-refractivity contribution is 5.92. The second-order valence-electron chi connectivity index (χ2n) is 4.99. The molecule has 0 saturated heterocycles. The van der Waals surface area contributed by atoms with Gasteiger partial charge in [-0.2, -0.15) is 4.98 Å². The number of carbonyl (C=O) groups is 1. The molecule has 0 saturated carbocycles. The molecular formula is C16H16N6O. The van der Waals surface area contributed by atoms with Crippen LogP contribution in [0.5, 0.6) is 0 Å². The fourth-order valence-corrected chi connectivity index (χ4v) is 1.99. The van der Waals surface area contributed by atoms with Crippen LogP contribution in [0.2, 0.25) is 0 Å². The maximum atomic E-state index is 12.2. The van der Waals surface area contributed by atoms with Crippen molar-refractivity contribution in [3.05, 3.63) is 60.2 Å². The van der Waals surface area contributed by atoms with Gasteiger partial charge >= 0.3 is 6.03 Å². The standard InChI is InChI=1S/C16H16N6O/c1-11-7-9-13(10-8-11)18-15-20-14(17)22(21-15)16(23)19-12-5-3-2-4-6-12/h2-10H,1H3,(H,19,23)(H3,17,18,20,21). The van der Waals surface area contributed by atoms with Crippen LogP contribution >= 0.6 is 0 Å². The molecule has 3 aromatic rings. The van der Waals surface area contributed by atoms with Crippen molar-refractivity contribution in [1.82, 2.24) is 14.8 Å². The van der Waals surface area contributed by atoms with Gasteiger partial charge in [-0.05, 0) is 31.2 Å². The smallest absolute Gasteiger partial charge is 0.349 e. The molecule has 2 aromatic carbocycles. The average molecular weight is 308 g/mol. The normalized spacial score (nSPS) is 10.3. The number of aryl methyl sites for hydroxylation is 1. The van der Waals surface area contributed by atoms with E-state index in [9.17, 15) is 4.79 Å². The van der Waals surface area contributed by atoms with Crippen molar-refractivity contribution >= 4 is 29.3 Å². The second-order valence-corrected chi connectivity index (χ2v) is 4.99. The van der Waals surface area contributed by atoms with E-state index >= 15 is 0 Å². The lowest BCUT2D eigenvalue weighted by molar-refractivity contribution is 0.251. The molecule has 1 amide bonds. The number of nitrogen functional groups attached to an aromatic ring is 1. The lowest BCUT2D eigenvalue weighted by Gasteiger charge is -2.04. The number of para-hydroxylation sites is 1. The Kier molecular flexibility index (Phi) is 3.92. The molecule has 0 bridgehead atoms. The number of anilines is 4. The van der Waals surface area contributed by atoms with Crippen molar-refractivity contribution in [2.75, 3.05) is 16.4 Å². The Hall–Kier alpha value is -3.35. The molecule has 0 fully saturated rings. The van der Waals surface area contributed by atoms with Gasteiger partial charge in [-0.3, -0.25) is 0 Å². The van der Waals surface area contributed by atoms with Crippen molar-refractivity contribution in [1.29, 1.82) is 0 Å². The van der Waals surface area contributed by atoms with Crippen molar-refractivity contribution in [2.24, 2.45) is 0 Å². The third kappa shape index (κ3) is 3.46. The van der Waals surface area contributed by atoms with Gasteiger partial charge in [0.05, 0.1) is 0 Å². The summed E-state index contributed by atoms with van der Waals surface area (Å²) in [5.41, 5.74) is 8.38. The highest BCUT2D eigenvalue weighted by atomic mass is 16.2. The van der Waals surface area contributed by atoms with E-state index in [1.54, 1.807) is 12.1 Å². The first-order chi connectivity index (χ1) is 11.1. The Morgan fingerprint density at radius 3 is 2.43 bits per heavy atom. The van der Waals surface area contributed by atoms with Gasteiger partial charge in [0, 0.05) is 11.4 Å². The van der Waals surface area contributed by atoms with Crippen LogP contribution in [0.1, 0.15) is 5.56 Å². The van der Waals surface area contributed by atoms with Crippen LogP contribution in [-0.2, 0) is 0 Å². The maximum Gasteiger partial charge on any atom is 0.349 e. The first kappa shape index (κ1) is 14.6. The Morgan fingerprint density at radius 1 is 1.04 bits per heavy atom. The SMILES string of the molecule is Cc1ccc(Nc2nc(N)n(C(=O)Nc3ccccc3)n2)cc1. The first-order valence-corrected chi connectivity index (χ1v) is 7.04. The minimum atomic E-state index is -0.474. The molecule has 0 unspecified atom stereocenters. The summed E-state index contributed by atoms with van der Waals surface area (Å²) in [5, 5.41) is 9.79. The highest BCUT2D eigenvalue weighted by Gasteiger charge is 2.14. The summed E-state index contributed by atoms with van der Waals surface area (Å²) in [6, 6.07) is 16.3. The Balaban J connectivity index is 1.75. The van der Waals surface area contributed by atoms with Crippen LogP contribution < -0.4 is 16.4 Å². The van der Waals surface area contributed by atoms with Crippen LogP contribution in [0.25, 0.3) is 0 Å². The van der Waals surface area contributed by atoms with Crippen molar-refractivity contribution < 1.29 is 4.79 Å². The molecule has 23 heavy (non-hydrogen) atoms. The molecule has 0 aliphatic heterocycles. The molecule has 0 aliphatic carbocycles. The molecule has 0 radical (unpaired) electrons. The van der Waals surface area contributed by atoms with Gasteiger partial charge in [-0.25, -0.2) is 4.79 Å². The van der Waals surface area contributed by atoms with E-state index in [1.807, 2.05) is 49.4 Å².